The molecule has 6 heteroatoms. The summed E-state index contributed by atoms with van der Waals surface area (Å²) in [6.07, 6.45) is 3.68. The Morgan fingerprint density at radius 3 is 2.70 bits per heavy atom. The van der Waals surface area contributed by atoms with Crippen molar-refractivity contribution in [1.29, 1.82) is 0 Å². The van der Waals surface area contributed by atoms with Crippen LogP contribution in [0.4, 0.5) is 0 Å². The molecule has 2 atom stereocenters. The average Bonchev–Trinajstić information content (AvgIpc) is 2.79. The second-order valence-electron chi connectivity index (χ2n) is 5.85. The van der Waals surface area contributed by atoms with Gasteiger partial charge >= 0.3 is 0 Å². The van der Waals surface area contributed by atoms with Crippen LogP contribution in [0.15, 0.2) is 18.5 Å². The maximum atomic E-state index is 12.1. The summed E-state index contributed by atoms with van der Waals surface area (Å²) < 4.78 is 16.9. The summed E-state index contributed by atoms with van der Waals surface area (Å²) in [6, 6.07) is 1.94. The van der Waals surface area contributed by atoms with Gasteiger partial charge in [-0.1, -0.05) is 0 Å². The maximum absolute atomic E-state index is 12.1. The lowest BCUT2D eigenvalue weighted by Gasteiger charge is -2.21. The van der Waals surface area contributed by atoms with E-state index in [2.05, 4.69) is 21.7 Å². The van der Waals surface area contributed by atoms with Gasteiger partial charge in [0.2, 0.25) is 0 Å². The first kappa shape index (κ1) is 15.1. The highest BCUT2D eigenvalue weighted by atomic mass is 32.2. The Morgan fingerprint density at radius 1 is 1.40 bits per heavy atom. The molecule has 0 unspecified atom stereocenters. The van der Waals surface area contributed by atoms with Gasteiger partial charge in [0.1, 0.15) is 0 Å². The van der Waals surface area contributed by atoms with Crippen LogP contribution >= 0.6 is 0 Å². The van der Waals surface area contributed by atoms with E-state index in [1.54, 1.807) is 0 Å². The highest BCUT2D eigenvalue weighted by molar-refractivity contribution is 7.84. The number of aromatic nitrogens is 3. The summed E-state index contributed by atoms with van der Waals surface area (Å²) in [5, 5.41) is 5.37. The zero-order chi connectivity index (χ0) is 14.9. The van der Waals surface area contributed by atoms with Crippen LogP contribution < -0.4 is 4.72 Å². The lowest BCUT2D eigenvalue weighted by Crippen LogP contribution is -2.35. The number of nitrogens with zero attached hydrogens (tertiary/aromatic N) is 3. The number of hydrogen-bond acceptors (Lipinski definition) is 3. The summed E-state index contributed by atoms with van der Waals surface area (Å²) in [4.78, 5) is 4.46. The molecule has 0 aliphatic carbocycles. The van der Waals surface area contributed by atoms with Crippen molar-refractivity contribution in [2.75, 3.05) is 0 Å². The summed E-state index contributed by atoms with van der Waals surface area (Å²) in [6.45, 7) is 10.7. The largest absolute Gasteiger partial charge is 0.264 e. The minimum atomic E-state index is -1.11. The van der Waals surface area contributed by atoms with Crippen LogP contribution in [-0.4, -0.2) is 23.7 Å². The third-order valence-corrected chi connectivity index (χ3v) is 4.81. The quantitative estimate of drug-likeness (QED) is 0.942. The van der Waals surface area contributed by atoms with Crippen LogP contribution in [0.3, 0.4) is 0 Å². The average molecular weight is 294 g/mol. The van der Waals surface area contributed by atoms with Crippen molar-refractivity contribution in [2.45, 2.75) is 52.0 Å². The molecule has 0 saturated heterocycles. The zero-order valence-corrected chi connectivity index (χ0v) is 13.5. The van der Waals surface area contributed by atoms with Crippen LogP contribution in [0, 0.1) is 0 Å². The normalized spacial score (nSPS) is 15.4. The molecule has 0 spiro atoms. The summed E-state index contributed by atoms with van der Waals surface area (Å²) in [7, 11) is -1.11. The number of fused-ring (bicyclic) bond motifs is 1. The number of hydrogen-bond donors (Lipinski definition) is 1. The minimum Gasteiger partial charge on any atom is -0.264 e. The molecule has 110 valence electrons. The van der Waals surface area contributed by atoms with Gasteiger partial charge in [-0.3, -0.25) is 9.67 Å². The van der Waals surface area contributed by atoms with Crippen molar-refractivity contribution >= 4 is 21.9 Å². The maximum Gasteiger partial charge on any atom is 0.0976 e. The Labute approximate surface area is 122 Å². The highest BCUT2D eigenvalue weighted by Gasteiger charge is 2.22. The Balaban J connectivity index is 2.23. The van der Waals surface area contributed by atoms with E-state index in [1.165, 1.54) is 0 Å². The molecule has 0 bridgehead atoms. The van der Waals surface area contributed by atoms with E-state index in [4.69, 9.17) is 0 Å². The molecule has 0 aromatic carbocycles. The number of aryl methyl sites for hydroxylation is 1. The first-order chi connectivity index (χ1) is 9.32. The second kappa shape index (κ2) is 5.61. The number of pyridine rings is 1. The second-order valence-corrected chi connectivity index (χ2v) is 7.85. The Morgan fingerprint density at radius 2 is 2.10 bits per heavy atom. The summed E-state index contributed by atoms with van der Waals surface area (Å²) in [5.74, 6) is 0. The molecule has 1 N–H and O–H groups in total. The van der Waals surface area contributed by atoms with Crippen LogP contribution in [0.5, 0.6) is 0 Å². The molecule has 5 nitrogen and oxygen atoms in total. The molecule has 0 fully saturated rings. The van der Waals surface area contributed by atoms with Gasteiger partial charge in [0.05, 0.1) is 45.4 Å². The molecule has 0 radical (unpaired) electrons. The molecule has 0 amide bonds. The van der Waals surface area contributed by atoms with E-state index in [0.29, 0.717) is 0 Å². The van der Waals surface area contributed by atoms with Gasteiger partial charge in [0.25, 0.3) is 0 Å². The molecule has 2 rings (SSSR count). The van der Waals surface area contributed by atoms with Gasteiger partial charge < -0.3 is 0 Å². The first-order valence-electron chi connectivity index (χ1n) is 6.82. The van der Waals surface area contributed by atoms with E-state index in [9.17, 15) is 4.21 Å². The van der Waals surface area contributed by atoms with Crippen molar-refractivity contribution in [3.05, 3.63) is 24.2 Å². The minimum absolute atomic E-state index is 0.0653. The molecule has 2 aromatic rings. The Kier molecular flexibility index (Phi) is 4.25. The van der Waals surface area contributed by atoms with Crippen molar-refractivity contribution < 1.29 is 4.21 Å². The van der Waals surface area contributed by atoms with Crippen molar-refractivity contribution in [2.24, 2.45) is 0 Å². The Bertz CT molecular complexity index is 630. The van der Waals surface area contributed by atoms with E-state index < -0.39 is 11.0 Å². The van der Waals surface area contributed by atoms with Crippen molar-refractivity contribution in [3.8, 4) is 0 Å². The topological polar surface area (TPSA) is 59.8 Å². The fraction of sp³-hybridized carbons (Fsp3) is 0.571. The third kappa shape index (κ3) is 3.07. The lowest BCUT2D eigenvalue weighted by molar-refractivity contribution is 0.611. The molecule has 2 aromatic heterocycles. The fourth-order valence-electron chi connectivity index (χ4n) is 1.88. The molecule has 2 heterocycles. The van der Waals surface area contributed by atoms with E-state index >= 15 is 0 Å². The predicted molar refractivity (Wildman–Crippen MR) is 82.6 cm³/mol. The van der Waals surface area contributed by atoms with Gasteiger partial charge in [0, 0.05) is 11.9 Å². The van der Waals surface area contributed by atoms with Crippen LogP contribution in [0.1, 0.15) is 46.4 Å². The van der Waals surface area contributed by atoms with Crippen molar-refractivity contribution in [3.63, 3.8) is 0 Å². The van der Waals surface area contributed by atoms with Gasteiger partial charge in [0.15, 0.2) is 0 Å². The van der Waals surface area contributed by atoms with Gasteiger partial charge in [-0.25, -0.2) is 8.93 Å². The smallest absolute Gasteiger partial charge is 0.0976 e. The molecule has 20 heavy (non-hydrogen) atoms. The van der Waals surface area contributed by atoms with E-state index in [0.717, 1.165) is 23.1 Å². The van der Waals surface area contributed by atoms with Gasteiger partial charge in [-0.05, 0) is 40.7 Å². The van der Waals surface area contributed by atoms with E-state index in [1.807, 2.05) is 50.8 Å². The lowest BCUT2D eigenvalue weighted by atomic mass is 10.2. The van der Waals surface area contributed by atoms with Crippen LogP contribution in [-0.2, 0) is 17.5 Å². The SMILES string of the molecule is CCn1ncc2cc([C@@H](C)N[S@](=O)C(C)(C)C)ncc21. The van der Waals surface area contributed by atoms with Crippen LogP contribution in [0.2, 0.25) is 0 Å². The Hall–Kier alpha value is -1.27. The third-order valence-electron chi connectivity index (χ3n) is 3.13. The highest BCUT2D eigenvalue weighted by Crippen LogP contribution is 2.19. The molecule has 0 saturated carbocycles. The molecular weight excluding hydrogens is 272 g/mol. The molecular formula is C14H22N4OS. The number of rotatable bonds is 4. The van der Waals surface area contributed by atoms with Crippen molar-refractivity contribution in [1.82, 2.24) is 19.5 Å². The zero-order valence-electron chi connectivity index (χ0n) is 12.7. The molecule has 0 aliphatic rings. The van der Waals surface area contributed by atoms with Gasteiger partial charge in [-0.2, -0.15) is 5.10 Å². The fourth-order valence-corrected chi connectivity index (χ4v) is 2.68. The molecule has 0 aliphatic heterocycles. The first-order valence-corrected chi connectivity index (χ1v) is 7.97. The summed E-state index contributed by atoms with van der Waals surface area (Å²) >= 11 is 0. The van der Waals surface area contributed by atoms with Crippen LogP contribution in [0.25, 0.3) is 10.9 Å². The summed E-state index contributed by atoms with van der Waals surface area (Å²) in [5.41, 5.74) is 1.91. The standard InChI is InChI=1S/C14H22N4OS/c1-6-18-13-9-15-12(7-11(13)8-16-18)10(2)17-20(19)14(3,4)5/h7-10,17H,6H2,1-5H3/t10-,20-/m1/s1. The predicted octanol–water partition coefficient (Wildman–Crippen LogP) is 2.56. The van der Waals surface area contributed by atoms with Gasteiger partial charge in [-0.15, -0.1) is 0 Å². The number of nitrogens with one attached hydrogen (secondary N) is 1. The van der Waals surface area contributed by atoms with E-state index in [-0.39, 0.29) is 10.8 Å². The monoisotopic (exact) mass is 294 g/mol.